The number of aromatic amines is 4. The lowest BCUT2D eigenvalue weighted by molar-refractivity contribution is -0.142. The highest BCUT2D eigenvalue weighted by molar-refractivity contribution is 7.98. The molecule has 0 aliphatic heterocycles. The molecule has 150 heavy (non-hydrogen) atoms. The van der Waals surface area contributed by atoms with E-state index < -0.39 is 271 Å². The molecule has 810 valence electrons. The largest absolute Gasteiger partial charge is 0.481 e. The number of fused-ring (bicyclic) bond motifs is 2. The Morgan fingerprint density at radius 1 is 0.353 bits per heavy atom. The summed E-state index contributed by atoms with van der Waals surface area (Å²) in [4.78, 5) is 301. The first-order chi connectivity index (χ1) is 71.4. The second-order valence-electron chi connectivity index (χ2n) is 36.4. The van der Waals surface area contributed by atoms with Crippen LogP contribution in [0.25, 0.3) is 21.8 Å². The van der Waals surface area contributed by atoms with Crippen molar-refractivity contribution >= 4 is 164 Å². The number of carbonyl (C=O) groups is 20. The quantitative estimate of drug-likeness (QED) is 0.0179. The third kappa shape index (κ3) is 37.3. The van der Waals surface area contributed by atoms with E-state index in [0.717, 1.165) is 13.8 Å². The molecule has 19 atom stereocenters. The summed E-state index contributed by atoms with van der Waals surface area (Å²) < 4.78 is 0. The molecule has 49 nitrogen and oxygen atoms in total. The van der Waals surface area contributed by atoms with E-state index in [9.17, 15) is 112 Å². The molecule has 0 spiro atoms. The predicted molar refractivity (Wildman–Crippen MR) is 549 cm³/mol. The number of H-pyrrole nitrogens is 4. The number of carboxylic acids is 3. The number of aromatic nitrogens is 6. The summed E-state index contributed by atoms with van der Waals surface area (Å²) in [5.41, 5.74) is 14.9. The zero-order chi connectivity index (χ0) is 110. The molecule has 0 fully saturated rings. The Labute approximate surface area is 870 Å². The lowest BCUT2D eigenvalue weighted by atomic mass is 9.96. The summed E-state index contributed by atoms with van der Waals surface area (Å²) in [5, 5.41) is 94.2. The fourth-order valence-corrected chi connectivity index (χ4v) is 16.9. The van der Waals surface area contributed by atoms with Gasteiger partial charge in [0.15, 0.2) is 0 Å². The van der Waals surface area contributed by atoms with E-state index in [1.165, 1.54) is 69.3 Å². The molecule has 17 amide bonds. The number of thioether (sulfide) groups is 2. The number of nitrogens with zero attached hydrogens (tertiary/aromatic N) is 2. The van der Waals surface area contributed by atoms with Gasteiger partial charge in [-0.3, -0.25) is 91.1 Å². The first-order valence-corrected chi connectivity index (χ1v) is 51.1. The van der Waals surface area contributed by atoms with Crippen LogP contribution >= 0.6 is 23.5 Å². The van der Waals surface area contributed by atoms with Gasteiger partial charge in [-0.2, -0.15) is 23.5 Å². The topological polar surface area (TPSA) is 776 Å². The lowest BCUT2D eigenvalue weighted by Gasteiger charge is -2.30. The van der Waals surface area contributed by atoms with E-state index in [0.29, 0.717) is 44.1 Å². The number of hydrogen-bond acceptors (Lipinski definition) is 27. The van der Waals surface area contributed by atoms with Crippen LogP contribution < -0.4 is 96.5 Å². The van der Waals surface area contributed by atoms with Gasteiger partial charge in [-0.25, -0.2) is 14.8 Å². The Balaban J connectivity index is 0.968. The number of hydrogen-bond donors (Lipinski definition) is 27. The zero-order valence-electron chi connectivity index (χ0n) is 84.0. The van der Waals surface area contributed by atoms with Crippen LogP contribution in [0.2, 0.25) is 0 Å². The van der Waals surface area contributed by atoms with Crippen molar-refractivity contribution in [3.05, 3.63) is 180 Å². The molecule has 51 heteroatoms. The van der Waals surface area contributed by atoms with Crippen LogP contribution in [0.15, 0.2) is 147 Å². The number of aliphatic carboxylic acids is 3. The van der Waals surface area contributed by atoms with E-state index in [1.54, 1.807) is 148 Å². The fraction of sp³-hybridized carbons (Fsp3) is 0.455. The zero-order valence-corrected chi connectivity index (χ0v) is 85.6. The smallest absolute Gasteiger partial charge is 0.326 e. The molecule has 4 aromatic carbocycles. The summed E-state index contributed by atoms with van der Waals surface area (Å²) >= 11 is 2.49. The molecule has 8 rings (SSSR count). The first-order valence-electron chi connectivity index (χ1n) is 48.4. The molecular weight excluding hydrogens is 1990 g/mol. The van der Waals surface area contributed by atoms with Gasteiger partial charge in [0, 0.05) is 103 Å². The van der Waals surface area contributed by atoms with Crippen LogP contribution in [-0.4, -0.2) is 313 Å². The maximum absolute atomic E-state index is 15.2. The van der Waals surface area contributed by atoms with E-state index in [1.807, 2.05) is 0 Å². The highest BCUT2D eigenvalue weighted by Gasteiger charge is 2.43. The van der Waals surface area contributed by atoms with Crippen LogP contribution in [0.4, 0.5) is 0 Å². The molecule has 4 heterocycles. The standard InChI is InChI=1S/C99H132N24O25S2/c1-10-51(4)81(96(144)112-67(32-34-150-9)86(134)110-65(29-30-78(128)129)85(133)117-73(41-76(101)126)91(139)119-75(99(147)148)40-60-47-103-49-107-60)121-98(146)83(54(7)125)123-94(142)71(38-58-45-105-64-28-20-18-26-62(58)64)115-88(136)68(35-55-21-13-11-14-22-55)113-84(132)52(5)108-95(143)80(50(2)3)120-97(145)82(53(6)124)122-93(141)69(36-56-23-15-12-16-24-56)114-87(135)66(31-33-149-8)111-90(138)72(39-59-46-102-48-106-59)116-92(140)74(42-79(130)131)118-89(137)70(109-77(127)43-100)37-57-44-104-63-27-19-17-25-61(57)63/h11-28,44-54,65-75,80-83,104-105,124-125H,10,29-43,100H2,1-9H3,(H2,101,126)(H,102,106)(H,103,107)(H,108,143)(H,109,127)(H,110,134)(H,111,138)(H,112,144)(H,113,132)(H,114,135)(H,115,136)(H,116,140)(H,117,133)(H,118,137)(H,119,139)(H,120,145)(H,121,146)(H,122,141)(H,123,142)(H,128,129)(H,130,131)(H,147,148)/t51-,52-,53+,54+,65-,66-,67-,68-,69-,70-,71-,72-,73-,74-,75-,80-,81-,82-,83-/m0/s1. The Kier molecular flexibility index (Phi) is 47.3. The number of primary amides is 1. The maximum atomic E-state index is 15.2. The molecule has 0 saturated heterocycles. The molecule has 0 saturated carbocycles. The van der Waals surface area contributed by atoms with Gasteiger partial charge in [0.25, 0.3) is 0 Å². The molecule has 0 unspecified atom stereocenters. The second kappa shape index (κ2) is 59.4. The van der Waals surface area contributed by atoms with Crippen molar-refractivity contribution in [2.75, 3.05) is 30.6 Å². The van der Waals surface area contributed by atoms with Crippen molar-refractivity contribution in [2.45, 2.75) is 241 Å². The van der Waals surface area contributed by atoms with Gasteiger partial charge in [0.1, 0.15) is 96.7 Å². The number of nitrogens with two attached hydrogens (primary N) is 2. The van der Waals surface area contributed by atoms with Crippen LogP contribution in [0.1, 0.15) is 127 Å². The molecular formula is C99H132N24O25S2. The number of carboxylic acid groups (broad SMARTS) is 3. The van der Waals surface area contributed by atoms with Crippen molar-refractivity contribution in [3.8, 4) is 0 Å². The number of para-hydroxylation sites is 2. The van der Waals surface area contributed by atoms with Gasteiger partial charge in [-0.1, -0.05) is 131 Å². The number of carbonyl (C=O) groups excluding carboxylic acids is 17. The van der Waals surface area contributed by atoms with E-state index >= 15 is 9.59 Å². The normalized spacial score (nSPS) is 15.1. The highest BCUT2D eigenvalue weighted by Crippen LogP contribution is 2.24. The molecule has 0 aliphatic rings. The van der Waals surface area contributed by atoms with Gasteiger partial charge in [0.05, 0.1) is 44.2 Å². The van der Waals surface area contributed by atoms with Crippen LogP contribution in [0.3, 0.4) is 0 Å². The number of aliphatic hydroxyl groups excluding tert-OH is 2. The SMILES string of the molecule is CC[C@H](C)[C@H](NC(=O)[C@@H](NC(=O)[C@H](Cc1c[nH]c2ccccc12)NC(=O)[C@H](Cc1ccccc1)NC(=O)[C@H](C)NC(=O)[C@@H](NC(=O)[C@@H](NC(=O)[C@H](Cc1ccccc1)NC(=O)[C@H](CCSC)NC(=O)[C@H](Cc1cnc[nH]1)NC(=O)[C@H](CC(=O)O)NC(=O)[C@H](Cc1c[nH]c2ccccc12)NC(=O)CN)[C@@H](C)O)C(C)C)[C@@H](C)O)C(=O)N[C@@H](CCSC)C(=O)N[C@@H](CCC(=O)O)C(=O)N[C@@H](CC(N)=O)C(=O)N[C@@H](Cc1cnc[nH]1)C(=O)O. The Hall–Kier alpha value is -15.6. The molecule has 0 bridgehead atoms. The van der Waals surface area contributed by atoms with Crippen molar-refractivity contribution < 1.29 is 121 Å². The summed E-state index contributed by atoms with van der Waals surface area (Å²) in [7, 11) is 0. The number of rotatable bonds is 63. The average molecular weight is 2120 g/mol. The minimum absolute atomic E-state index is 0.121. The van der Waals surface area contributed by atoms with Crippen LogP contribution in [0.5, 0.6) is 0 Å². The Morgan fingerprint density at radius 2 is 0.693 bits per heavy atom. The lowest BCUT2D eigenvalue weighted by Crippen LogP contribution is -2.63. The summed E-state index contributed by atoms with van der Waals surface area (Å²) in [5.74, 6) is -23.8. The maximum Gasteiger partial charge on any atom is 0.326 e. The van der Waals surface area contributed by atoms with E-state index in [2.05, 4.69) is 115 Å². The Morgan fingerprint density at radius 3 is 1.09 bits per heavy atom. The van der Waals surface area contributed by atoms with Gasteiger partial charge in [-0.05, 0) is 110 Å². The highest BCUT2D eigenvalue weighted by atomic mass is 32.2. The monoisotopic (exact) mass is 2120 g/mol. The van der Waals surface area contributed by atoms with Crippen LogP contribution in [0, 0.1) is 11.8 Å². The minimum atomic E-state index is -1.94. The second-order valence-corrected chi connectivity index (χ2v) is 38.4. The molecule has 0 aliphatic carbocycles. The summed E-state index contributed by atoms with van der Waals surface area (Å²) in [6.07, 6.45) is 3.02. The fourth-order valence-electron chi connectivity index (χ4n) is 16.0. The third-order valence-electron chi connectivity index (χ3n) is 24.4. The number of benzene rings is 4. The number of amides is 17. The number of aliphatic hydroxyl groups is 2. The predicted octanol–water partition coefficient (Wildman–Crippen LogP) is -3.14. The Bertz CT molecular complexity index is 5970. The number of nitrogens with one attached hydrogen (secondary N) is 20. The van der Waals surface area contributed by atoms with Crippen LogP contribution in [-0.2, 0) is 134 Å². The van der Waals surface area contributed by atoms with Gasteiger partial charge < -0.3 is 142 Å². The van der Waals surface area contributed by atoms with Gasteiger partial charge in [0.2, 0.25) is 100 Å². The summed E-state index contributed by atoms with van der Waals surface area (Å²) in [6, 6.07) is 3.65. The van der Waals surface area contributed by atoms with E-state index in [-0.39, 0.29) is 80.7 Å². The number of imidazole rings is 2. The molecule has 0 radical (unpaired) electrons. The van der Waals surface area contributed by atoms with Crippen molar-refractivity contribution in [1.82, 2.24) is 115 Å². The third-order valence-corrected chi connectivity index (χ3v) is 25.7. The van der Waals surface area contributed by atoms with Crippen molar-refractivity contribution in [3.63, 3.8) is 0 Å². The summed E-state index contributed by atoms with van der Waals surface area (Å²) in [6.45, 7) is 9.28. The first kappa shape index (κ1) is 120. The van der Waals surface area contributed by atoms with Gasteiger partial charge >= 0.3 is 17.9 Å². The average Bonchev–Trinajstić information content (AvgIpc) is 1.70. The molecule has 4 aromatic heterocycles. The van der Waals surface area contributed by atoms with E-state index in [4.69, 9.17) is 11.5 Å². The molecule has 29 N–H and O–H groups in total. The molecule has 8 aromatic rings. The van der Waals surface area contributed by atoms with Crippen molar-refractivity contribution in [1.29, 1.82) is 0 Å². The van der Waals surface area contributed by atoms with Crippen molar-refractivity contribution in [2.24, 2.45) is 23.3 Å². The van der Waals surface area contributed by atoms with Gasteiger partial charge in [-0.15, -0.1) is 0 Å². The minimum Gasteiger partial charge on any atom is -0.481 e.